The highest BCUT2D eigenvalue weighted by molar-refractivity contribution is 6.02. The maximum Gasteiger partial charge on any atom is 0.228 e. The summed E-state index contributed by atoms with van der Waals surface area (Å²) in [5, 5.41) is 0. The fourth-order valence-electron chi connectivity index (χ4n) is 3.54. The first kappa shape index (κ1) is 19.2. The van der Waals surface area contributed by atoms with Crippen LogP contribution in [0.3, 0.4) is 0 Å². The van der Waals surface area contributed by atoms with Crippen molar-refractivity contribution < 1.29 is 22.3 Å². The highest BCUT2D eigenvalue weighted by atomic mass is 19.1. The third kappa shape index (κ3) is 4.01. The molecule has 0 N–H and O–H groups in total. The molecule has 1 aliphatic heterocycles. The molecule has 3 aromatic carbocycles. The normalized spacial score (nSPS) is 16.0. The van der Waals surface area contributed by atoms with Gasteiger partial charge in [-0.15, -0.1) is 0 Å². The second kappa shape index (κ2) is 8.07. The number of aliphatic imine (C=N–C) groups is 1. The number of hydrogen-bond donors (Lipinski definition) is 0. The average Bonchev–Trinajstić information content (AvgIpc) is 3.18. The summed E-state index contributed by atoms with van der Waals surface area (Å²) in [4.78, 5) is 4.48. The fraction of sp³-hybridized carbons (Fsp3) is 0.174. The summed E-state index contributed by atoms with van der Waals surface area (Å²) < 4.78 is 58.2. The van der Waals surface area contributed by atoms with Crippen LogP contribution in [0.25, 0.3) is 11.1 Å². The van der Waals surface area contributed by atoms with Crippen LogP contribution in [-0.2, 0) is 0 Å². The van der Waals surface area contributed by atoms with E-state index in [0.29, 0.717) is 36.4 Å². The van der Waals surface area contributed by atoms with Crippen LogP contribution < -0.4 is 4.74 Å². The molecule has 6 heteroatoms. The number of rotatable bonds is 5. The lowest BCUT2D eigenvalue weighted by Crippen LogP contribution is -2.05. The Morgan fingerprint density at radius 1 is 0.862 bits per heavy atom. The summed E-state index contributed by atoms with van der Waals surface area (Å²) in [6.07, 6.45) is 1.04. The van der Waals surface area contributed by atoms with Crippen molar-refractivity contribution in [1.29, 1.82) is 0 Å². The molecule has 0 saturated heterocycles. The quantitative estimate of drug-likeness (QED) is 0.455. The van der Waals surface area contributed by atoms with Crippen LogP contribution >= 0.6 is 0 Å². The van der Waals surface area contributed by atoms with Crippen LogP contribution in [0.4, 0.5) is 17.6 Å². The summed E-state index contributed by atoms with van der Waals surface area (Å²) in [5.74, 6) is -2.35. The molecule has 1 aliphatic rings. The van der Waals surface area contributed by atoms with Crippen molar-refractivity contribution in [3.05, 3.63) is 89.2 Å². The van der Waals surface area contributed by atoms with Gasteiger partial charge in [-0.1, -0.05) is 36.4 Å². The third-order valence-corrected chi connectivity index (χ3v) is 4.97. The van der Waals surface area contributed by atoms with Gasteiger partial charge < -0.3 is 4.74 Å². The molecular weight excluding hydrogens is 382 g/mol. The Bertz CT molecular complexity index is 1020. The molecular formula is C23H17F4NO. The minimum absolute atomic E-state index is 0.205. The highest BCUT2D eigenvalue weighted by Crippen LogP contribution is 2.33. The maximum atomic E-state index is 14.0. The van der Waals surface area contributed by atoms with E-state index in [9.17, 15) is 17.6 Å². The fourth-order valence-corrected chi connectivity index (χ4v) is 3.54. The molecule has 0 radical (unpaired) electrons. The van der Waals surface area contributed by atoms with Gasteiger partial charge in [-0.3, -0.25) is 4.99 Å². The molecule has 29 heavy (non-hydrogen) atoms. The number of hydrogen-bond acceptors (Lipinski definition) is 2. The molecule has 4 rings (SSSR count). The van der Waals surface area contributed by atoms with Crippen molar-refractivity contribution in [2.24, 2.45) is 4.99 Å². The lowest BCUT2D eigenvalue weighted by atomic mass is 9.99. The van der Waals surface area contributed by atoms with Crippen molar-refractivity contribution in [2.45, 2.75) is 18.9 Å². The molecule has 0 fully saturated rings. The molecule has 3 aromatic rings. The van der Waals surface area contributed by atoms with Crippen molar-refractivity contribution in [2.75, 3.05) is 6.86 Å². The van der Waals surface area contributed by atoms with Gasteiger partial charge in [-0.05, 0) is 41.7 Å². The van der Waals surface area contributed by atoms with Crippen molar-refractivity contribution in [3.63, 3.8) is 0 Å². The minimum atomic E-state index is -0.946. The van der Waals surface area contributed by atoms with Gasteiger partial charge in [-0.25, -0.2) is 17.6 Å². The second-order valence-corrected chi connectivity index (χ2v) is 6.77. The van der Waals surface area contributed by atoms with E-state index in [1.807, 2.05) is 36.4 Å². The van der Waals surface area contributed by atoms with Crippen molar-refractivity contribution >= 4 is 5.71 Å². The first-order valence-corrected chi connectivity index (χ1v) is 9.16. The van der Waals surface area contributed by atoms with Crippen molar-refractivity contribution in [3.8, 4) is 16.9 Å². The molecule has 0 amide bonds. The van der Waals surface area contributed by atoms with Gasteiger partial charge in [0, 0.05) is 17.8 Å². The van der Waals surface area contributed by atoms with Gasteiger partial charge in [0.1, 0.15) is 23.2 Å². The van der Waals surface area contributed by atoms with Crippen LogP contribution in [0.15, 0.2) is 65.7 Å². The van der Waals surface area contributed by atoms with Gasteiger partial charge >= 0.3 is 0 Å². The number of alkyl halides is 1. The summed E-state index contributed by atoms with van der Waals surface area (Å²) in [6.45, 7) is -0.871. The molecule has 1 heterocycles. The van der Waals surface area contributed by atoms with Crippen LogP contribution in [0, 0.1) is 17.5 Å². The Hall–Kier alpha value is -3.15. The predicted octanol–water partition coefficient (Wildman–Crippen LogP) is 6.40. The molecule has 0 aliphatic carbocycles. The molecule has 0 bridgehead atoms. The van der Waals surface area contributed by atoms with Gasteiger partial charge in [0.25, 0.3) is 0 Å². The molecule has 0 aromatic heterocycles. The number of halogens is 4. The molecule has 148 valence electrons. The summed E-state index contributed by atoms with van der Waals surface area (Å²) >= 11 is 0. The van der Waals surface area contributed by atoms with E-state index in [1.54, 1.807) is 12.1 Å². The van der Waals surface area contributed by atoms with E-state index in [1.165, 1.54) is 0 Å². The standard InChI is InChI=1S/C23H17F4NO/c24-13-29-18-7-5-15(6-8-18)14-1-3-16(4-2-14)21-9-10-22(28-21)23-19(26)11-17(25)12-20(23)27/h1-8,11-12,21H,9-10,13H2. The van der Waals surface area contributed by atoms with E-state index < -0.39 is 24.3 Å². The Balaban J connectivity index is 1.54. The maximum absolute atomic E-state index is 14.0. The van der Waals surface area contributed by atoms with E-state index in [4.69, 9.17) is 4.74 Å². The van der Waals surface area contributed by atoms with Crippen LogP contribution in [-0.4, -0.2) is 12.6 Å². The average molecular weight is 399 g/mol. The van der Waals surface area contributed by atoms with Gasteiger partial charge in [0.2, 0.25) is 6.86 Å². The second-order valence-electron chi connectivity index (χ2n) is 6.77. The van der Waals surface area contributed by atoms with Gasteiger partial charge in [0.15, 0.2) is 0 Å². The SMILES string of the molecule is FCOc1ccc(-c2ccc(C3CCC(c4c(F)cc(F)cc4F)=N3)cc2)cc1. The van der Waals surface area contributed by atoms with Crippen LogP contribution in [0.1, 0.15) is 30.0 Å². The molecule has 2 nitrogen and oxygen atoms in total. The topological polar surface area (TPSA) is 21.6 Å². The zero-order valence-electron chi connectivity index (χ0n) is 15.3. The number of ether oxygens (including phenoxy) is 1. The molecule has 0 spiro atoms. The highest BCUT2D eigenvalue weighted by Gasteiger charge is 2.25. The Morgan fingerprint density at radius 3 is 2.03 bits per heavy atom. The smallest absolute Gasteiger partial charge is 0.228 e. The Labute approximate surface area is 165 Å². The summed E-state index contributed by atoms with van der Waals surface area (Å²) in [5.41, 5.74) is 2.93. The zero-order chi connectivity index (χ0) is 20.4. The van der Waals surface area contributed by atoms with Crippen LogP contribution in [0.5, 0.6) is 5.75 Å². The first-order chi connectivity index (χ1) is 14.0. The zero-order valence-corrected chi connectivity index (χ0v) is 15.3. The van der Waals surface area contributed by atoms with E-state index >= 15 is 0 Å². The lowest BCUT2D eigenvalue weighted by Gasteiger charge is -2.09. The molecule has 0 saturated carbocycles. The summed E-state index contributed by atoms with van der Waals surface area (Å²) in [6, 6.07) is 15.9. The predicted molar refractivity (Wildman–Crippen MR) is 103 cm³/mol. The van der Waals surface area contributed by atoms with E-state index in [-0.39, 0.29) is 11.6 Å². The molecule has 1 atom stereocenters. The Kier molecular flexibility index (Phi) is 5.34. The lowest BCUT2D eigenvalue weighted by molar-refractivity contribution is 0.192. The Morgan fingerprint density at radius 2 is 1.45 bits per heavy atom. The first-order valence-electron chi connectivity index (χ1n) is 9.16. The number of nitrogens with zero attached hydrogens (tertiary/aromatic N) is 1. The van der Waals surface area contributed by atoms with E-state index in [2.05, 4.69) is 4.99 Å². The monoisotopic (exact) mass is 399 g/mol. The minimum Gasteiger partial charge on any atom is -0.463 e. The van der Waals surface area contributed by atoms with Crippen LogP contribution in [0.2, 0.25) is 0 Å². The third-order valence-electron chi connectivity index (χ3n) is 4.97. The molecule has 1 unspecified atom stereocenters. The summed E-state index contributed by atoms with van der Waals surface area (Å²) in [7, 11) is 0. The largest absolute Gasteiger partial charge is 0.463 e. The number of benzene rings is 3. The van der Waals surface area contributed by atoms with Crippen molar-refractivity contribution in [1.82, 2.24) is 0 Å². The van der Waals surface area contributed by atoms with Gasteiger partial charge in [-0.2, -0.15) is 0 Å². The van der Waals surface area contributed by atoms with Gasteiger partial charge in [0.05, 0.1) is 11.6 Å². The van der Waals surface area contributed by atoms with E-state index in [0.717, 1.165) is 16.7 Å².